The van der Waals surface area contributed by atoms with E-state index >= 15 is 0 Å². The summed E-state index contributed by atoms with van der Waals surface area (Å²) < 4.78 is 20.7. The van der Waals surface area contributed by atoms with Crippen LogP contribution in [0.15, 0.2) is 42.5 Å². The third-order valence-corrected chi connectivity index (χ3v) is 3.62. The maximum atomic E-state index is 12.4. The fraction of sp³-hybridized carbons (Fsp3) is 0.211. The Labute approximate surface area is 146 Å². The number of hydrogen-bond donors (Lipinski definition) is 1. The standard InChI is InChI=1S/C19H20O6/c1-22-16-7-5-12(9-18(16)24-3)14(20)11-15(21)13-6-8-17(23-2)19(10-13)25-4/h5-11,20H,1-4H3. The van der Waals surface area contributed by atoms with Gasteiger partial charge in [-0.05, 0) is 36.4 Å². The van der Waals surface area contributed by atoms with Gasteiger partial charge in [-0.2, -0.15) is 0 Å². The fourth-order valence-electron chi connectivity index (χ4n) is 2.28. The highest BCUT2D eigenvalue weighted by Crippen LogP contribution is 2.30. The molecule has 6 nitrogen and oxygen atoms in total. The number of benzene rings is 2. The molecule has 2 aromatic rings. The molecule has 0 aromatic heterocycles. The van der Waals surface area contributed by atoms with Crippen LogP contribution in [0.2, 0.25) is 0 Å². The maximum Gasteiger partial charge on any atom is 0.189 e. The highest BCUT2D eigenvalue weighted by atomic mass is 16.5. The number of methoxy groups -OCH3 is 4. The molecule has 2 aromatic carbocycles. The number of allylic oxidation sites excluding steroid dienone is 1. The molecule has 0 aliphatic heterocycles. The lowest BCUT2D eigenvalue weighted by Crippen LogP contribution is -1.99. The Bertz CT molecular complexity index is 794. The third-order valence-electron chi connectivity index (χ3n) is 3.62. The number of aliphatic hydroxyl groups excluding tert-OH is 1. The van der Waals surface area contributed by atoms with Crippen LogP contribution in [0.3, 0.4) is 0 Å². The highest BCUT2D eigenvalue weighted by molar-refractivity contribution is 6.08. The van der Waals surface area contributed by atoms with Gasteiger partial charge in [-0.15, -0.1) is 0 Å². The van der Waals surface area contributed by atoms with Crippen LogP contribution in [-0.4, -0.2) is 39.3 Å². The van der Waals surface area contributed by atoms with E-state index in [1.807, 2.05) is 0 Å². The molecule has 6 heteroatoms. The van der Waals surface area contributed by atoms with Gasteiger partial charge in [0.25, 0.3) is 0 Å². The molecule has 1 N–H and O–H groups in total. The number of hydrogen-bond acceptors (Lipinski definition) is 6. The molecule has 132 valence electrons. The Balaban J connectivity index is 2.31. The lowest BCUT2D eigenvalue weighted by Gasteiger charge is -2.10. The molecule has 0 fully saturated rings. The van der Waals surface area contributed by atoms with Crippen molar-refractivity contribution in [1.82, 2.24) is 0 Å². The average Bonchev–Trinajstić information content (AvgIpc) is 2.66. The Morgan fingerprint density at radius 1 is 0.760 bits per heavy atom. The van der Waals surface area contributed by atoms with Crippen molar-refractivity contribution in [2.75, 3.05) is 28.4 Å². The Morgan fingerprint density at radius 3 is 1.68 bits per heavy atom. The second-order valence-corrected chi connectivity index (χ2v) is 5.03. The van der Waals surface area contributed by atoms with Crippen LogP contribution in [0.25, 0.3) is 5.76 Å². The van der Waals surface area contributed by atoms with E-state index in [4.69, 9.17) is 18.9 Å². The van der Waals surface area contributed by atoms with Crippen molar-refractivity contribution in [1.29, 1.82) is 0 Å². The van der Waals surface area contributed by atoms with Crippen LogP contribution in [0.4, 0.5) is 0 Å². The smallest absolute Gasteiger partial charge is 0.189 e. The molecule has 0 spiro atoms. The van der Waals surface area contributed by atoms with Crippen LogP contribution >= 0.6 is 0 Å². The van der Waals surface area contributed by atoms with Crippen LogP contribution in [0.5, 0.6) is 23.0 Å². The molecule has 0 unspecified atom stereocenters. The monoisotopic (exact) mass is 344 g/mol. The van der Waals surface area contributed by atoms with Gasteiger partial charge in [0.15, 0.2) is 28.8 Å². The van der Waals surface area contributed by atoms with E-state index in [2.05, 4.69) is 0 Å². The molecule has 0 atom stereocenters. The fourth-order valence-corrected chi connectivity index (χ4v) is 2.28. The van der Waals surface area contributed by atoms with Crippen molar-refractivity contribution >= 4 is 11.5 Å². The number of ether oxygens (including phenoxy) is 4. The number of aliphatic hydroxyl groups is 1. The molecule has 25 heavy (non-hydrogen) atoms. The maximum absolute atomic E-state index is 12.4. The Morgan fingerprint density at radius 2 is 1.20 bits per heavy atom. The topological polar surface area (TPSA) is 74.2 Å². The van der Waals surface area contributed by atoms with E-state index in [9.17, 15) is 9.90 Å². The van der Waals surface area contributed by atoms with Crippen molar-refractivity contribution < 1.29 is 28.8 Å². The summed E-state index contributed by atoms with van der Waals surface area (Å²) in [7, 11) is 6.02. The number of ketones is 1. The molecule has 0 saturated heterocycles. The molecule has 0 radical (unpaired) electrons. The van der Waals surface area contributed by atoms with Gasteiger partial charge < -0.3 is 24.1 Å². The van der Waals surface area contributed by atoms with Crippen molar-refractivity contribution in [3.05, 3.63) is 53.6 Å². The van der Waals surface area contributed by atoms with Gasteiger partial charge in [0.2, 0.25) is 0 Å². The minimum absolute atomic E-state index is 0.180. The predicted octanol–water partition coefficient (Wildman–Crippen LogP) is 3.50. The first-order chi connectivity index (χ1) is 12.0. The minimum atomic E-state index is -0.367. The summed E-state index contributed by atoms with van der Waals surface area (Å²) in [6.45, 7) is 0. The minimum Gasteiger partial charge on any atom is -0.507 e. The zero-order valence-electron chi connectivity index (χ0n) is 14.5. The van der Waals surface area contributed by atoms with E-state index in [-0.39, 0.29) is 11.5 Å². The molecule has 2 rings (SSSR count). The second kappa shape index (κ2) is 8.10. The first-order valence-corrected chi connectivity index (χ1v) is 7.43. The van der Waals surface area contributed by atoms with Gasteiger partial charge >= 0.3 is 0 Å². The molecule has 0 amide bonds. The van der Waals surface area contributed by atoms with Crippen molar-refractivity contribution in [3.63, 3.8) is 0 Å². The van der Waals surface area contributed by atoms with Gasteiger partial charge in [-0.1, -0.05) is 0 Å². The van der Waals surface area contributed by atoms with Crippen molar-refractivity contribution in [2.45, 2.75) is 0 Å². The normalized spacial score (nSPS) is 11.0. The second-order valence-electron chi connectivity index (χ2n) is 5.03. The van der Waals surface area contributed by atoms with E-state index in [1.54, 1.807) is 36.4 Å². The molecular formula is C19H20O6. The van der Waals surface area contributed by atoms with Crippen LogP contribution in [-0.2, 0) is 0 Å². The molecule has 0 saturated carbocycles. The summed E-state index contributed by atoms with van der Waals surface area (Å²) in [5, 5.41) is 10.3. The molecule has 0 aliphatic rings. The SMILES string of the molecule is COc1ccc(C(=O)C=C(O)c2ccc(OC)c(OC)c2)cc1OC. The lowest BCUT2D eigenvalue weighted by atomic mass is 10.1. The molecular weight excluding hydrogens is 324 g/mol. The summed E-state index contributed by atoms with van der Waals surface area (Å²) in [5.74, 6) is 1.40. The van der Waals surface area contributed by atoms with E-state index < -0.39 is 0 Å². The van der Waals surface area contributed by atoms with Gasteiger partial charge in [-0.25, -0.2) is 0 Å². The van der Waals surface area contributed by atoms with Crippen molar-refractivity contribution in [3.8, 4) is 23.0 Å². The van der Waals surface area contributed by atoms with E-state index in [0.29, 0.717) is 34.1 Å². The van der Waals surface area contributed by atoms with Gasteiger partial charge in [0.1, 0.15) is 5.76 Å². The first kappa shape index (κ1) is 18.2. The van der Waals surface area contributed by atoms with Crippen LogP contribution in [0.1, 0.15) is 15.9 Å². The first-order valence-electron chi connectivity index (χ1n) is 7.43. The van der Waals surface area contributed by atoms with Crippen LogP contribution in [0, 0.1) is 0 Å². The van der Waals surface area contributed by atoms with Crippen LogP contribution < -0.4 is 18.9 Å². The Kier molecular flexibility index (Phi) is 5.89. The van der Waals surface area contributed by atoms with Gasteiger partial charge in [0.05, 0.1) is 28.4 Å². The number of rotatable bonds is 7. The van der Waals surface area contributed by atoms with Gasteiger partial charge in [-0.3, -0.25) is 4.79 Å². The van der Waals surface area contributed by atoms with E-state index in [0.717, 1.165) is 6.08 Å². The number of carbonyl (C=O) groups is 1. The zero-order chi connectivity index (χ0) is 18.4. The Hall–Kier alpha value is -3.15. The average molecular weight is 344 g/mol. The van der Waals surface area contributed by atoms with Gasteiger partial charge in [0, 0.05) is 17.2 Å². The quantitative estimate of drug-likeness (QED) is 0.471. The number of carbonyl (C=O) groups excluding carboxylic acids is 1. The van der Waals surface area contributed by atoms with Crippen molar-refractivity contribution in [2.24, 2.45) is 0 Å². The summed E-state index contributed by atoms with van der Waals surface area (Å²) in [4.78, 5) is 12.4. The molecule has 0 aliphatic carbocycles. The lowest BCUT2D eigenvalue weighted by molar-refractivity contribution is 0.104. The van der Waals surface area contributed by atoms with E-state index in [1.165, 1.54) is 28.4 Å². The summed E-state index contributed by atoms with van der Waals surface area (Å²) in [6.07, 6.45) is 1.14. The largest absolute Gasteiger partial charge is 0.507 e. The summed E-state index contributed by atoms with van der Waals surface area (Å²) in [5.41, 5.74) is 0.802. The summed E-state index contributed by atoms with van der Waals surface area (Å²) in [6, 6.07) is 9.66. The molecule has 0 heterocycles. The zero-order valence-corrected chi connectivity index (χ0v) is 14.5. The predicted molar refractivity (Wildman–Crippen MR) is 94.0 cm³/mol. The highest BCUT2D eigenvalue weighted by Gasteiger charge is 2.12. The summed E-state index contributed by atoms with van der Waals surface area (Å²) >= 11 is 0. The molecule has 0 bridgehead atoms. The third kappa shape index (κ3) is 4.03.